The summed E-state index contributed by atoms with van der Waals surface area (Å²) < 4.78 is 0. The summed E-state index contributed by atoms with van der Waals surface area (Å²) >= 11 is 0. The summed E-state index contributed by atoms with van der Waals surface area (Å²) in [6.45, 7) is 0.655. The topological polar surface area (TPSA) is 69.6 Å². The molecule has 0 spiro atoms. The Morgan fingerprint density at radius 2 is 1.95 bits per heavy atom. The summed E-state index contributed by atoms with van der Waals surface area (Å²) in [5.41, 5.74) is 3.83. The third-order valence-corrected chi connectivity index (χ3v) is 4.17. The molecule has 100 valence electrons. The molecular weight excluding hydrogens is 244 g/mol. The van der Waals surface area contributed by atoms with E-state index in [1.54, 1.807) is 5.01 Å². The summed E-state index contributed by atoms with van der Waals surface area (Å²) in [4.78, 5) is 22.6. The lowest BCUT2D eigenvalue weighted by atomic mass is 9.64. The zero-order chi connectivity index (χ0) is 13.5. The molecule has 1 aliphatic carbocycles. The van der Waals surface area contributed by atoms with Crippen molar-refractivity contribution >= 4 is 17.6 Å². The fourth-order valence-electron chi connectivity index (χ4n) is 2.79. The van der Waals surface area contributed by atoms with E-state index in [4.69, 9.17) is 0 Å². The van der Waals surface area contributed by atoms with Crippen molar-refractivity contribution in [2.24, 2.45) is 0 Å². The second kappa shape index (κ2) is 4.26. The van der Waals surface area contributed by atoms with E-state index in [1.807, 2.05) is 24.3 Å². The highest BCUT2D eigenvalue weighted by molar-refractivity contribution is 5.83. The molecule has 2 N–H and O–H groups in total. The van der Waals surface area contributed by atoms with Gasteiger partial charge in [0.05, 0.1) is 11.1 Å². The molecule has 5 heteroatoms. The van der Waals surface area contributed by atoms with Gasteiger partial charge in [-0.2, -0.15) is 0 Å². The van der Waals surface area contributed by atoms with Crippen molar-refractivity contribution in [2.75, 3.05) is 11.6 Å². The van der Waals surface area contributed by atoms with Crippen LogP contribution in [0.4, 0.5) is 5.69 Å². The van der Waals surface area contributed by atoms with Crippen LogP contribution in [0.25, 0.3) is 0 Å². The fraction of sp³-hybridized carbons (Fsp3) is 0.429. The summed E-state index contributed by atoms with van der Waals surface area (Å²) in [5.74, 6) is -0.717. The lowest BCUT2D eigenvalue weighted by Gasteiger charge is -2.38. The van der Waals surface area contributed by atoms with Gasteiger partial charge in [-0.15, -0.1) is 0 Å². The van der Waals surface area contributed by atoms with Crippen LogP contribution in [-0.4, -0.2) is 23.5 Å². The zero-order valence-corrected chi connectivity index (χ0v) is 10.6. The lowest BCUT2D eigenvalue weighted by Crippen LogP contribution is -2.42. The first-order valence-electron chi connectivity index (χ1n) is 6.53. The summed E-state index contributed by atoms with van der Waals surface area (Å²) in [6, 6.07) is 7.49. The number of hydrazine groups is 1. The Bertz CT molecular complexity index is 520. The van der Waals surface area contributed by atoms with Crippen LogP contribution in [0.5, 0.6) is 0 Å². The van der Waals surface area contributed by atoms with Gasteiger partial charge in [-0.1, -0.05) is 18.6 Å². The average Bonchev–Trinajstić information content (AvgIpc) is 2.75. The van der Waals surface area contributed by atoms with Crippen molar-refractivity contribution in [3.63, 3.8) is 0 Å². The maximum absolute atomic E-state index is 11.4. The number of benzene rings is 1. The van der Waals surface area contributed by atoms with Crippen LogP contribution in [0.2, 0.25) is 0 Å². The standard InChI is InChI=1S/C14H16N2O3/c17-12-6-9-16(15-12)11-4-2-10(3-5-11)14(13(18)19)7-1-8-14/h2-5H,1,6-9H2,(H,15,17)(H,18,19). The first kappa shape index (κ1) is 12.0. The van der Waals surface area contributed by atoms with E-state index >= 15 is 0 Å². The van der Waals surface area contributed by atoms with Gasteiger partial charge >= 0.3 is 5.97 Å². The van der Waals surface area contributed by atoms with Crippen molar-refractivity contribution in [2.45, 2.75) is 31.1 Å². The molecule has 19 heavy (non-hydrogen) atoms. The number of rotatable bonds is 3. The maximum Gasteiger partial charge on any atom is 0.314 e. The van der Waals surface area contributed by atoms with Crippen molar-refractivity contribution in [3.8, 4) is 0 Å². The molecule has 1 aromatic carbocycles. The number of carbonyl (C=O) groups is 2. The molecular formula is C14H16N2O3. The van der Waals surface area contributed by atoms with Gasteiger partial charge in [0.15, 0.2) is 0 Å². The Morgan fingerprint density at radius 3 is 2.37 bits per heavy atom. The number of hydrogen-bond donors (Lipinski definition) is 2. The van der Waals surface area contributed by atoms with Crippen LogP contribution in [0.1, 0.15) is 31.2 Å². The molecule has 2 fully saturated rings. The average molecular weight is 260 g/mol. The maximum atomic E-state index is 11.4. The molecule has 1 heterocycles. The Labute approximate surface area is 111 Å². The monoisotopic (exact) mass is 260 g/mol. The second-order valence-electron chi connectivity index (χ2n) is 5.22. The minimum absolute atomic E-state index is 0.0186. The number of carbonyl (C=O) groups excluding carboxylic acids is 1. The highest BCUT2D eigenvalue weighted by Gasteiger charge is 2.45. The van der Waals surface area contributed by atoms with Crippen LogP contribution in [0.3, 0.4) is 0 Å². The van der Waals surface area contributed by atoms with E-state index in [9.17, 15) is 14.7 Å². The second-order valence-corrected chi connectivity index (χ2v) is 5.22. The molecule has 5 nitrogen and oxygen atoms in total. The van der Waals surface area contributed by atoms with E-state index < -0.39 is 11.4 Å². The number of carboxylic acids is 1. The number of hydrogen-bond acceptors (Lipinski definition) is 3. The Kier molecular flexibility index (Phi) is 2.69. The number of amides is 1. The van der Waals surface area contributed by atoms with Gasteiger partial charge in [0, 0.05) is 13.0 Å². The number of nitrogens with one attached hydrogen (secondary N) is 1. The molecule has 1 saturated heterocycles. The molecule has 1 aromatic rings. The van der Waals surface area contributed by atoms with Crippen LogP contribution in [-0.2, 0) is 15.0 Å². The number of carboxylic acid groups (broad SMARTS) is 1. The van der Waals surface area contributed by atoms with Gasteiger partial charge in [-0.05, 0) is 30.5 Å². The predicted molar refractivity (Wildman–Crippen MR) is 69.7 cm³/mol. The molecule has 1 aliphatic heterocycles. The molecule has 1 saturated carbocycles. The van der Waals surface area contributed by atoms with E-state index in [1.165, 1.54) is 0 Å². The van der Waals surface area contributed by atoms with Gasteiger partial charge in [0.2, 0.25) is 5.91 Å². The number of anilines is 1. The molecule has 1 amide bonds. The third kappa shape index (κ3) is 1.85. The van der Waals surface area contributed by atoms with Crippen LogP contribution in [0.15, 0.2) is 24.3 Å². The molecule has 3 rings (SSSR count). The Hall–Kier alpha value is -2.04. The third-order valence-electron chi connectivity index (χ3n) is 4.17. The van der Waals surface area contributed by atoms with Crippen molar-refractivity contribution in [3.05, 3.63) is 29.8 Å². The minimum atomic E-state index is -0.735. The smallest absolute Gasteiger partial charge is 0.314 e. The van der Waals surface area contributed by atoms with Crippen molar-refractivity contribution < 1.29 is 14.7 Å². The van der Waals surface area contributed by atoms with Gasteiger partial charge in [0.25, 0.3) is 0 Å². The Balaban J connectivity index is 1.83. The summed E-state index contributed by atoms with van der Waals surface area (Å²) in [7, 11) is 0. The summed E-state index contributed by atoms with van der Waals surface area (Å²) in [6.07, 6.45) is 2.89. The Morgan fingerprint density at radius 1 is 1.26 bits per heavy atom. The number of nitrogens with zero attached hydrogens (tertiary/aromatic N) is 1. The molecule has 0 aromatic heterocycles. The first-order chi connectivity index (χ1) is 9.12. The van der Waals surface area contributed by atoms with E-state index in [0.717, 1.165) is 17.7 Å². The van der Waals surface area contributed by atoms with Gasteiger partial charge < -0.3 is 5.11 Å². The van der Waals surface area contributed by atoms with Gasteiger partial charge in [0.1, 0.15) is 0 Å². The quantitative estimate of drug-likeness (QED) is 0.862. The normalized spacial score (nSPS) is 20.8. The zero-order valence-electron chi connectivity index (χ0n) is 10.6. The molecule has 0 bridgehead atoms. The first-order valence-corrected chi connectivity index (χ1v) is 6.53. The highest BCUT2D eigenvalue weighted by Crippen LogP contribution is 2.44. The van der Waals surface area contributed by atoms with Crippen LogP contribution < -0.4 is 10.4 Å². The van der Waals surface area contributed by atoms with E-state index in [2.05, 4.69) is 5.43 Å². The van der Waals surface area contributed by atoms with Gasteiger partial charge in [-0.25, -0.2) is 0 Å². The van der Waals surface area contributed by atoms with Crippen molar-refractivity contribution in [1.82, 2.24) is 5.43 Å². The largest absolute Gasteiger partial charge is 0.481 e. The SMILES string of the molecule is O=C1CCN(c2ccc(C3(C(=O)O)CCC3)cc2)N1. The fourth-order valence-corrected chi connectivity index (χ4v) is 2.79. The molecule has 2 aliphatic rings. The number of aliphatic carboxylic acids is 1. The van der Waals surface area contributed by atoms with E-state index in [-0.39, 0.29) is 5.91 Å². The summed E-state index contributed by atoms with van der Waals surface area (Å²) in [5, 5.41) is 11.2. The van der Waals surface area contributed by atoms with Crippen LogP contribution >= 0.6 is 0 Å². The predicted octanol–water partition coefficient (Wildman–Crippen LogP) is 1.43. The lowest BCUT2D eigenvalue weighted by molar-refractivity contribution is -0.147. The molecule has 0 radical (unpaired) electrons. The minimum Gasteiger partial charge on any atom is -0.481 e. The molecule has 0 unspecified atom stereocenters. The van der Waals surface area contributed by atoms with Crippen LogP contribution in [0, 0.1) is 0 Å². The highest BCUT2D eigenvalue weighted by atomic mass is 16.4. The van der Waals surface area contributed by atoms with Crippen molar-refractivity contribution in [1.29, 1.82) is 0 Å². The van der Waals surface area contributed by atoms with Gasteiger partial charge in [-0.3, -0.25) is 20.0 Å². The molecule has 0 atom stereocenters. The van der Waals surface area contributed by atoms with E-state index in [0.29, 0.717) is 25.8 Å².